The maximum Gasteiger partial charge on any atom is 0.228 e. The van der Waals surface area contributed by atoms with E-state index in [0.717, 1.165) is 48.0 Å². The van der Waals surface area contributed by atoms with Gasteiger partial charge in [0.15, 0.2) is 0 Å². The Labute approximate surface area is 124 Å². The Hall–Kier alpha value is -2.14. The molecular formula is C16H20N4O. The average molecular weight is 284 g/mol. The molecule has 5 nitrogen and oxygen atoms in total. The fourth-order valence-corrected chi connectivity index (χ4v) is 2.52. The summed E-state index contributed by atoms with van der Waals surface area (Å²) in [6, 6.07) is 7.78. The number of hydrogen-bond acceptors (Lipinski definition) is 3. The molecular weight excluding hydrogens is 264 g/mol. The molecule has 110 valence electrons. The number of H-pyrrole nitrogens is 1. The topological polar surface area (TPSA) is 69.8 Å². The van der Waals surface area contributed by atoms with Crippen molar-refractivity contribution < 1.29 is 4.79 Å². The van der Waals surface area contributed by atoms with Gasteiger partial charge in [-0.25, -0.2) is 4.98 Å². The van der Waals surface area contributed by atoms with E-state index in [-0.39, 0.29) is 11.8 Å². The zero-order valence-corrected chi connectivity index (χ0v) is 12.4. The molecule has 1 atom stereocenters. The maximum atomic E-state index is 12.0. The maximum absolute atomic E-state index is 12.0. The number of aromatic nitrogens is 2. The molecule has 2 aromatic rings. The second-order valence-electron chi connectivity index (χ2n) is 5.55. The van der Waals surface area contributed by atoms with Crippen LogP contribution in [0.25, 0.3) is 11.4 Å². The minimum atomic E-state index is 0.0834. The van der Waals surface area contributed by atoms with Crippen molar-refractivity contribution >= 4 is 11.6 Å². The first kappa shape index (κ1) is 13.8. The van der Waals surface area contributed by atoms with Crippen LogP contribution >= 0.6 is 0 Å². The van der Waals surface area contributed by atoms with Gasteiger partial charge in [0.25, 0.3) is 0 Å². The molecule has 1 aromatic heterocycles. The Bertz CT molecular complexity index is 619. The molecule has 0 radical (unpaired) electrons. The fraction of sp³-hybridized carbons (Fsp3) is 0.375. The lowest BCUT2D eigenvalue weighted by Gasteiger charge is -2.10. The third-order valence-corrected chi connectivity index (χ3v) is 3.99. The Morgan fingerprint density at radius 3 is 2.62 bits per heavy atom. The van der Waals surface area contributed by atoms with Crippen LogP contribution in [0.5, 0.6) is 0 Å². The number of benzene rings is 1. The smallest absolute Gasteiger partial charge is 0.228 e. The summed E-state index contributed by atoms with van der Waals surface area (Å²) in [4.78, 5) is 19.8. The van der Waals surface area contributed by atoms with Gasteiger partial charge < -0.3 is 15.6 Å². The largest absolute Gasteiger partial charge is 0.342 e. The van der Waals surface area contributed by atoms with Gasteiger partial charge >= 0.3 is 0 Å². The summed E-state index contributed by atoms with van der Waals surface area (Å²) >= 11 is 0. The highest BCUT2D eigenvalue weighted by molar-refractivity contribution is 5.93. The molecule has 1 aliphatic heterocycles. The van der Waals surface area contributed by atoms with Gasteiger partial charge in [0.05, 0.1) is 11.6 Å². The molecule has 0 unspecified atom stereocenters. The van der Waals surface area contributed by atoms with Crippen molar-refractivity contribution in [2.24, 2.45) is 5.92 Å². The minimum Gasteiger partial charge on any atom is -0.342 e. The second kappa shape index (κ2) is 5.69. The highest BCUT2D eigenvalue weighted by Gasteiger charge is 2.22. The van der Waals surface area contributed by atoms with Crippen molar-refractivity contribution in [1.29, 1.82) is 0 Å². The van der Waals surface area contributed by atoms with Gasteiger partial charge in [-0.3, -0.25) is 4.79 Å². The lowest BCUT2D eigenvalue weighted by molar-refractivity contribution is -0.119. The molecule has 0 spiro atoms. The number of hydrogen-bond donors (Lipinski definition) is 3. The highest BCUT2D eigenvalue weighted by atomic mass is 16.1. The van der Waals surface area contributed by atoms with Gasteiger partial charge in [0, 0.05) is 23.5 Å². The Kier molecular flexibility index (Phi) is 3.75. The summed E-state index contributed by atoms with van der Waals surface area (Å²) in [6.07, 6.45) is 0.912. The Morgan fingerprint density at radius 1 is 1.29 bits per heavy atom. The van der Waals surface area contributed by atoms with Gasteiger partial charge in [-0.2, -0.15) is 0 Å². The fourth-order valence-electron chi connectivity index (χ4n) is 2.52. The SMILES string of the molecule is Cc1nc(-c2ccc(NC(=O)[C@@H]3CCNC3)cc2)[nH]c1C. The van der Waals surface area contributed by atoms with Crippen LogP contribution in [0, 0.1) is 19.8 Å². The van der Waals surface area contributed by atoms with Crippen molar-refractivity contribution in [1.82, 2.24) is 15.3 Å². The lowest BCUT2D eigenvalue weighted by atomic mass is 10.1. The zero-order chi connectivity index (χ0) is 14.8. The van der Waals surface area contributed by atoms with Gasteiger partial charge in [0.2, 0.25) is 5.91 Å². The third-order valence-electron chi connectivity index (χ3n) is 3.99. The number of nitrogens with zero attached hydrogens (tertiary/aromatic N) is 1. The molecule has 0 bridgehead atoms. The quantitative estimate of drug-likeness (QED) is 0.809. The molecule has 21 heavy (non-hydrogen) atoms. The molecule has 0 aliphatic carbocycles. The number of rotatable bonds is 3. The molecule has 3 N–H and O–H groups in total. The predicted molar refractivity (Wildman–Crippen MR) is 83.1 cm³/mol. The van der Waals surface area contributed by atoms with Crippen LogP contribution < -0.4 is 10.6 Å². The number of nitrogens with one attached hydrogen (secondary N) is 3. The van der Waals surface area contributed by atoms with Crippen LogP contribution in [0.3, 0.4) is 0 Å². The minimum absolute atomic E-state index is 0.0834. The number of amides is 1. The molecule has 1 aliphatic rings. The Morgan fingerprint density at radius 2 is 2.05 bits per heavy atom. The van der Waals surface area contributed by atoms with Crippen molar-refractivity contribution in [3.8, 4) is 11.4 Å². The van der Waals surface area contributed by atoms with E-state index in [0.29, 0.717) is 0 Å². The summed E-state index contributed by atoms with van der Waals surface area (Å²) in [5, 5.41) is 6.17. The summed E-state index contributed by atoms with van der Waals surface area (Å²) in [5.41, 5.74) is 3.94. The van der Waals surface area contributed by atoms with Crippen molar-refractivity contribution in [2.45, 2.75) is 20.3 Å². The summed E-state index contributed by atoms with van der Waals surface area (Å²) in [5.74, 6) is 1.04. The van der Waals surface area contributed by atoms with E-state index < -0.39 is 0 Å². The normalized spacial score (nSPS) is 17.9. The number of imidazole rings is 1. The third kappa shape index (κ3) is 2.97. The van der Waals surface area contributed by atoms with Gasteiger partial charge in [-0.1, -0.05) is 0 Å². The molecule has 0 saturated carbocycles. The molecule has 1 aromatic carbocycles. The van der Waals surface area contributed by atoms with Crippen molar-refractivity contribution in [3.05, 3.63) is 35.7 Å². The molecule has 1 saturated heterocycles. The first-order valence-electron chi connectivity index (χ1n) is 7.28. The molecule has 3 rings (SSSR count). The van der Waals surface area contributed by atoms with Gasteiger partial charge in [-0.15, -0.1) is 0 Å². The highest BCUT2D eigenvalue weighted by Crippen LogP contribution is 2.21. The first-order valence-corrected chi connectivity index (χ1v) is 7.28. The lowest BCUT2D eigenvalue weighted by Crippen LogP contribution is -2.24. The van der Waals surface area contributed by atoms with Gasteiger partial charge in [0.1, 0.15) is 5.82 Å². The van der Waals surface area contributed by atoms with Gasteiger partial charge in [-0.05, 0) is 51.1 Å². The van der Waals surface area contributed by atoms with E-state index in [1.807, 2.05) is 38.1 Å². The zero-order valence-electron chi connectivity index (χ0n) is 12.4. The van der Waals surface area contributed by atoms with Crippen molar-refractivity contribution in [3.63, 3.8) is 0 Å². The number of aromatic amines is 1. The Balaban J connectivity index is 1.70. The predicted octanol–water partition coefficient (Wildman–Crippen LogP) is 2.24. The molecule has 1 amide bonds. The first-order chi connectivity index (χ1) is 10.1. The standard InChI is InChI=1S/C16H20N4O/c1-10-11(2)19-15(18-10)12-3-5-14(6-4-12)20-16(21)13-7-8-17-9-13/h3-6,13,17H,7-9H2,1-2H3,(H,18,19)(H,20,21)/t13-/m1/s1. The van der Waals surface area contributed by atoms with E-state index in [9.17, 15) is 4.79 Å². The van der Waals surface area contributed by atoms with Crippen LogP contribution in [0.15, 0.2) is 24.3 Å². The summed E-state index contributed by atoms with van der Waals surface area (Å²) in [6.45, 7) is 5.69. The van der Waals surface area contributed by atoms with E-state index in [2.05, 4.69) is 20.6 Å². The van der Waals surface area contributed by atoms with Crippen LogP contribution in [0.2, 0.25) is 0 Å². The second-order valence-corrected chi connectivity index (χ2v) is 5.55. The van der Waals surface area contributed by atoms with E-state index >= 15 is 0 Å². The number of carbonyl (C=O) groups excluding carboxylic acids is 1. The van der Waals surface area contributed by atoms with Crippen molar-refractivity contribution in [2.75, 3.05) is 18.4 Å². The molecule has 2 heterocycles. The molecule has 5 heteroatoms. The van der Waals surface area contributed by atoms with E-state index in [1.165, 1.54) is 0 Å². The average Bonchev–Trinajstić information content (AvgIpc) is 3.11. The molecule has 1 fully saturated rings. The number of aryl methyl sites for hydroxylation is 2. The van der Waals surface area contributed by atoms with E-state index in [4.69, 9.17) is 0 Å². The van der Waals surface area contributed by atoms with E-state index in [1.54, 1.807) is 0 Å². The summed E-state index contributed by atoms with van der Waals surface area (Å²) in [7, 11) is 0. The number of carbonyl (C=O) groups is 1. The van der Waals surface area contributed by atoms with Crippen LogP contribution in [0.1, 0.15) is 17.8 Å². The number of anilines is 1. The van der Waals surface area contributed by atoms with Crippen LogP contribution in [-0.2, 0) is 4.79 Å². The summed E-state index contributed by atoms with van der Waals surface area (Å²) < 4.78 is 0. The monoisotopic (exact) mass is 284 g/mol. The van der Waals surface area contributed by atoms with Crippen LogP contribution in [0.4, 0.5) is 5.69 Å². The van der Waals surface area contributed by atoms with Crippen LogP contribution in [-0.4, -0.2) is 29.0 Å².